The molecule has 3 N–H and O–H groups in total. The normalized spacial score (nSPS) is 8.00. The summed E-state index contributed by atoms with van der Waals surface area (Å²) in [5.74, 6) is 0.557. The molecule has 1 aromatic rings. The van der Waals surface area contributed by atoms with E-state index < -0.39 is 0 Å². The molecular weight excluding hydrogens is 184 g/mol. The molecule has 0 aliphatic rings. The van der Waals surface area contributed by atoms with Gasteiger partial charge in [0.15, 0.2) is 0 Å². The summed E-state index contributed by atoms with van der Waals surface area (Å²) in [6.07, 6.45) is 1.30. The Bertz CT molecular complexity index is 154. The molecule has 50 valence electrons. The monoisotopic (exact) mass is 190 g/mol. The summed E-state index contributed by atoms with van der Waals surface area (Å²) in [4.78, 5) is 3.61. The Morgan fingerprint density at radius 3 is 2.44 bits per heavy atom. The minimum Gasteiger partial charge on any atom is -0.506 e. The van der Waals surface area contributed by atoms with Gasteiger partial charge in [-0.3, -0.25) is 0 Å². The molecule has 0 radical (unpaired) electrons. The fraction of sp³-hybridized carbons (Fsp3) is 0. The Labute approximate surface area is 63.3 Å². The van der Waals surface area contributed by atoms with Crippen molar-refractivity contribution >= 4 is 22.8 Å². The fourth-order valence-electron chi connectivity index (χ4n) is 0.397. The van der Waals surface area contributed by atoms with E-state index in [-0.39, 0.29) is 22.7 Å². The van der Waals surface area contributed by atoms with Gasteiger partial charge in [0, 0.05) is 0 Å². The molecule has 0 amide bonds. The maximum absolute atomic E-state index is 8.64. The molecule has 0 aliphatic carbocycles. The number of nitrogens with zero attached hydrogens (tertiary/aromatic N) is 1. The highest BCUT2D eigenvalue weighted by atomic mass is 79.9. The predicted molar refractivity (Wildman–Crippen MR) is 40.6 cm³/mol. The lowest BCUT2D eigenvalue weighted by molar-refractivity contribution is 0.473. The van der Waals surface area contributed by atoms with Gasteiger partial charge < -0.3 is 10.8 Å². The molecule has 0 spiro atoms. The lowest BCUT2D eigenvalue weighted by Crippen LogP contribution is -1.85. The van der Waals surface area contributed by atoms with Gasteiger partial charge in [-0.05, 0) is 12.1 Å². The molecule has 0 fully saturated rings. The van der Waals surface area contributed by atoms with Crippen molar-refractivity contribution in [1.29, 1.82) is 0 Å². The number of anilines is 1. The Balaban J connectivity index is 0.000000640. The van der Waals surface area contributed by atoms with E-state index in [1.54, 1.807) is 0 Å². The van der Waals surface area contributed by atoms with Gasteiger partial charge in [0.1, 0.15) is 11.6 Å². The van der Waals surface area contributed by atoms with Gasteiger partial charge in [0.25, 0.3) is 0 Å². The largest absolute Gasteiger partial charge is 0.506 e. The van der Waals surface area contributed by atoms with Crippen LogP contribution in [0.2, 0.25) is 0 Å². The summed E-state index contributed by atoms with van der Waals surface area (Å²) in [6.45, 7) is 0. The van der Waals surface area contributed by atoms with Crippen LogP contribution in [-0.4, -0.2) is 10.1 Å². The highest BCUT2D eigenvalue weighted by Crippen LogP contribution is 2.05. The van der Waals surface area contributed by atoms with Crippen LogP contribution >= 0.6 is 17.0 Å². The third-order valence-electron chi connectivity index (χ3n) is 0.771. The zero-order valence-electron chi connectivity index (χ0n) is 4.61. The second-order valence-corrected chi connectivity index (χ2v) is 1.44. The van der Waals surface area contributed by atoms with Crippen molar-refractivity contribution in [3.05, 3.63) is 18.3 Å². The summed E-state index contributed by atoms with van der Waals surface area (Å²) in [5.41, 5.74) is 5.20. The molecule has 1 heterocycles. The van der Waals surface area contributed by atoms with E-state index in [2.05, 4.69) is 4.98 Å². The average Bonchev–Trinajstić information content (AvgIpc) is 1.77. The molecule has 9 heavy (non-hydrogen) atoms. The van der Waals surface area contributed by atoms with Gasteiger partial charge >= 0.3 is 0 Å². The third-order valence-corrected chi connectivity index (χ3v) is 0.771. The van der Waals surface area contributed by atoms with Crippen molar-refractivity contribution in [1.82, 2.24) is 4.98 Å². The van der Waals surface area contributed by atoms with Crippen LogP contribution in [-0.2, 0) is 0 Å². The van der Waals surface area contributed by atoms with Gasteiger partial charge in [-0.1, -0.05) is 0 Å². The van der Waals surface area contributed by atoms with E-state index >= 15 is 0 Å². The Kier molecular flexibility index (Phi) is 3.01. The number of aromatic nitrogens is 1. The van der Waals surface area contributed by atoms with E-state index in [0.717, 1.165) is 0 Å². The smallest absolute Gasteiger partial charge is 0.134 e. The van der Waals surface area contributed by atoms with E-state index in [9.17, 15) is 0 Å². The van der Waals surface area contributed by atoms with Crippen molar-refractivity contribution in [3.63, 3.8) is 0 Å². The minimum absolute atomic E-state index is 0. The zero-order valence-corrected chi connectivity index (χ0v) is 6.33. The van der Waals surface area contributed by atoms with E-state index in [1.165, 1.54) is 18.3 Å². The summed E-state index contributed by atoms with van der Waals surface area (Å²) in [5, 5.41) is 8.64. The van der Waals surface area contributed by atoms with Gasteiger partial charge in [-0.2, -0.15) is 0 Å². The number of halogens is 1. The first kappa shape index (κ1) is 8.23. The maximum Gasteiger partial charge on any atom is 0.134 e. The van der Waals surface area contributed by atoms with Crippen LogP contribution in [0.25, 0.3) is 0 Å². The van der Waals surface area contributed by atoms with Gasteiger partial charge in [0.2, 0.25) is 0 Å². The zero-order chi connectivity index (χ0) is 5.98. The van der Waals surface area contributed by atoms with Gasteiger partial charge in [0.05, 0.1) is 6.20 Å². The van der Waals surface area contributed by atoms with Crippen molar-refractivity contribution in [3.8, 4) is 5.75 Å². The second kappa shape index (κ2) is 3.29. The topological polar surface area (TPSA) is 59.1 Å². The molecule has 0 atom stereocenters. The highest BCUT2D eigenvalue weighted by Gasteiger charge is 1.83. The van der Waals surface area contributed by atoms with Crippen LogP contribution in [0.4, 0.5) is 5.82 Å². The first-order chi connectivity index (χ1) is 3.79. The quantitative estimate of drug-likeness (QED) is 0.641. The van der Waals surface area contributed by atoms with Crippen LogP contribution in [0.15, 0.2) is 18.3 Å². The molecule has 0 bridgehead atoms. The summed E-state index contributed by atoms with van der Waals surface area (Å²) in [6, 6.07) is 3.03. The molecule has 0 saturated heterocycles. The molecule has 4 heteroatoms. The average molecular weight is 191 g/mol. The lowest BCUT2D eigenvalue weighted by Gasteiger charge is -1.88. The van der Waals surface area contributed by atoms with Crippen molar-refractivity contribution < 1.29 is 5.11 Å². The van der Waals surface area contributed by atoms with E-state index in [0.29, 0.717) is 5.82 Å². The summed E-state index contributed by atoms with van der Waals surface area (Å²) < 4.78 is 0. The summed E-state index contributed by atoms with van der Waals surface area (Å²) >= 11 is 0. The van der Waals surface area contributed by atoms with Crippen molar-refractivity contribution in [2.24, 2.45) is 0 Å². The standard InChI is InChI=1S/C5H6N2O.BrH/c6-5-2-1-4(8)3-7-5;/h1-3,8H,(H2,6,7);1H. The summed E-state index contributed by atoms with van der Waals surface area (Å²) in [7, 11) is 0. The number of hydrogen-bond acceptors (Lipinski definition) is 3. The molecule has 0 unspecified atom stereocenters. The van der Waals surface area contributed by atoms with Crippen LogP contribution < -0.4 is 5.73 Å². The molecule has 0 saturated carbocycles. The molecule has 3 nitrogen and oxygen atoms in total. The van der Waals surface area contributed by atoms with Gasteiger partial charge in [-0.15, -0.1) is 17.0 Å². The third kappa shape index (κ3) is 2.32. The molecule has 0 aromatic carbocycles. The van der Waals surface area contributed by atoms with Crippen LogP contribution in [0.3, 0.4) is 0 Å². The van der Waals surface area contributed by atoms with Crippen LogP contribution in [0, 0.1) is 0 Å². The van der Waals surface area contributed by atoms with Crippen molar-refractivity contribution in [2.75, 3.05) is 5.73 Å². The molecule has 0 aliphatic heterocycles. The Morgan fingerprint density at radius 2 is 2.11 bits per heavy atom. The van der Waals surface area contributed by atoms with Crippen molar-refractivity contribution in [2.45, 2.75) is 0 Å². The number of hydrogen-bond donors (Lipinski definition) is 2. The first-order valence-electron chi connectivity index (χ1n) is 2.19. The number of aromatic hydroxyl groups is 1. The number of rotatable bonds is 0. The minimum atomic E-state index is 0. The maximum atomic E-state index is 8.64. The highest BCUT2D eigenvalue weighted by molar-refractivity contribution is 8.93. The SMILES string of the molecule is Br.Nc1ccc(O)cn1. The number of pyridine rings is 1. The Hall–Kier alpha value is -0.770. The Morgan fingerprint density at radius 1 is 1.44 bits per heavy atom. The first-order valence-corrected chi connectivity index (χ1v) is 2.19. The van der Waals surface area contributed by atoms with Crippen LogP contribution in [0.1, 0.15) is 0 Å². The molecule has 1 rings (SSSR count). The predicted octanol–water partition coefficient (Wildman–Crippen LogP) is 0.947. The van der Waals surface area contributed by atoms with E-state index in [1.807, 2.05) is 0 Å². The fourth-order valence-corrected chi connectivity index (χ4v) is 0.397. The van der Waals surface area contributed by atoms with Gasteiger partial charge in [-0.25, -0.2) is 4.98 Å². The number of nitrogen functional groups attached to an aromatic ring is 1. The van der Waals surface area contributed by atoms with E-state index in [4.69, 9.17) is 10.8 Å². The molecular formula is C5H7BrN2O. The second-order valence-electron chi connectivity index (χ2n) is 1.44. The molecule has 1 aromatic heterocycles. The lowest BCUT2D eigenvalue weighted by atomic mass is 10.4. The number of nitrogens with two attached hydrogens (primary N) is 1. The van der Waals surface area contributed by atoms with Crippen LogP contribution in [0.5, 0.6) is 5.75 Å².